The van der Waals surface area contributed by atoms with Crippen molar-refractivity contribution < 1.29 is 12.9 Å². The lowest BCUT2D eigenvalue weighted by Crippen LogP contribution is -2.27. The van der Waals surface area contributed by atoms with Crippen molar-refractivity contribution in [3.05, 3.63) is 46.8 Å². The van der Waals surface area contributed by atoms with Crippen LogP contribution in [-0.4, -0.2) is 13.6 Å². The standard InChI is InChI=1S/C14H19N3O3S/c1-9-14(11(3)20-16-9)10(2)17-21(18,19)13-6-4-5-12(7-13)8-15/h4-7,10,17H,8,15H2,1-3H3. The molecule has 7 heteroatoms. The fourth-order valence-corrected chi connectivity index (χ4v) is 3.59. The molecule has 0 aliphatic rings. The van der Waals surface area contributed by atoms with E-state index in [1.165, 1.54) is 0 Å². The van der Waals surface area contributed by atoms with Crippen LogP contribution in [-0.2, 0) is 16.6 Å². The average molecular weight is 309 g/mol. The van der Waals surface area contributed by atoms with Crippen molar-refractivity contribution in [2.24, 2.45) is 5.73 Å². The van der Waals surface area contributed by atoms with Crippen LogP contribution in [0.1, 0.15) is 35.5 Å². The summed E-state index contributed by atoms with van der Waals surface area (Å²) in [5, 5.41) is 3.84. The van der Waals surface area contributed by atoms with Gasteiger partial charge in [-0.1, -0.05) is 17.3 Å². The van der Waals surface area contributed by atoms with Gasteiger partial charge in [0, 0.05) is 18.2 Å². The number of nitrogens with two attached hydrogens (primary N) is 1. The summed E-state index contributed by atoms with van der Waals surface area (Å²) in [7, 11) is -3.63. The Morgan fingerprint density at radius 1 is 1.38 bits per heavy atom. The number of nitrogens with one attached hydrogen (secondary N) is 1. The molecule has 1 atom stereocenters. The van der Waals surface area contributed by atoms with E-state index in [1.54, 1.807) is 45.0 Å². The first kappa shape index (κ1) is 15.7. The second-order valence-corrected chi connectivity index (χ2v) is 6.65. The monoisotopic (exact) mass is 309 g/mol. The molecule has 1 heterocycles. The normalized spacial score (nSPS) is 13.3. The maximum atomic E-state index is 12.4. The largest absolute Gasteiger partial charge is 0.361 e. The minimum Gasteiger partial charge on any atom is -0.361 e. The first-order chi connectivity index (χ1) is 9.85. The highest BCUT2D eigenvalue weighted by Crippen LogP contribution is 2.23. The van der Waals surface area contributed by atoms with E-state index >= 15 is 0 Å². The fraction of sp³-hybridized carbons (Fsp3) is 0.357. The minimum atomic E-state index is -3.63. The van der Waals surface area contributed by atoms with E-state index < -0.39 is 16.1 Å². The van der Waals surface area contributed by atoms with Crippen LogP contribution in [0, 0.1) is 13.8 Å². The summed E-state index contributed by atoms with van der Waals surface area (Å²) in [6.45, 7) is 5.60. The van der Waals surface area contributed by atoms with Crippen LogP contribution >= 0.6 is 0 Å². The van der Waals surface area contributed by atoms with Gasteiger partial charge in [-0.25, -0.2) is 13.1 Å². The van der Waals surface area contributed by atoms with E-state index in [9.17, 15) is 8.42 Å². The van der Waals surface area contributed by atoms with E-state index in [1.807, 2.05) is 0 Å². The smallest absolute Gasteiger partial charge is 0.241 e. The fourth-order valence-electron chi connectivity index (χ4n) is 2.31. The van der Waals surface area contributed by atoms with Gasteiger partial charge in [-0.3, -0.25) is 0 Å². The minimum absolute atomic E-state index is 0.198. The van der Waals surface area contributed by atoms with Crippen molar-refractivity contribution in [2.75, 3.05) is 0 Å². The van der Waals surface area contributed by atoms with Gasteiger partial charge >= 0.3 is 0 Å². The van der Waals surface area contributed by atoms with Gasteiger partial charge in [0.1, 0.15) is 5.76 Å². The van der Waals surface area contributed by atoms with Gasteiger partial charge in [-0.2, -0.15) is 0 Å². The van der Waals surface area contributed by atoms with Crippen molar-refractivity contribution >= 4 is 10.0 Å². The van der Waals surface area contributed by atoms with Gasteiger partial charge in [-0.15, -0.1) is 0 Å². The molecule has 0 saturated carbocycles. The second kappa shape index (κ2) is 5.97. The molecule has 3 N–H and O–H groups in total. The predicted octanol–water partition coefficient (Wildman–Crippen LogP) is 1.79. The first-order valence-electron chi connectivity index (χ1n) is 6.59. The number of nitrogens with zero attached hydrogens (tertiary/aromatic N) is 1. The average Bonchev–Trinajstić information content (AvgIpc) is 2.77. The molecule has 0 fully saturated rings. The van der Waals surface area contributed by atoms with Crippen molar-refractivity contribution in [3.8, 4) is 0 Å². The maximum absolute atomic E-state index is 12.4. The summed E-state index contributed by atoms with van der Waals surface area (Å²) >= 11 is 0. The third kappa shape index (κ3) is 3.31. The number of benzene rings is 1. The Hall–Kier alpha value is -1.70. The van der Waals surface area contributed by atoms with E-state index in [2.05, 4.69) is 9.88 Å². The SMILES string of the molecule is Cc1noc(C)c1C(C)NS(=O)(=O)c1cccc(CN)c1. The zero-order chi connectivity index (χ0) is 15.6. The molecule has 2 aromatic rings. The molecule has 114 valence electrons. The zero-order valence-corrected chi connectivity index (χ0v) is 13.1. The summed E-state index contributed by atoms with van der Waals surface area (Å²) in [5.41, 5.74) is 7.75. The summed E-state index contributed by atoms with van der Waals surface area (Å²) < 4.78 is 32.6. The molecule has 0 amide bonds. The van der Waals surface area contributed by atoms with Crippen molar-refractivity contribution in [1.29, 1.82) is 0 Å². The van der Waals surface area contributed by atoms with Gasteiger partial charge in [0.25, 0.3) is 0 Å². The number of aromatic nitrogens is 1. The van der Waals surface area contributed by atoms with E-state index in [4.69, 9.17) is 10.3 Å². The van der Waals surface area contributed by atoms with E-state index in [-0.39, 0.29) is 4.90 Å². The topological polar surface area (TPSA) is 98.2 Å². The molecule has 0 bridgehead atoms. The van der Waals surface area contributed by atoms with E-state index in [0.717, 1.165) is 11.1 Å². The molecule has 0 aliphatic carbocycles. The Balaban J connectivity index is 2.29. The third-order valence-corrected chi connectivity index (χ3v) is 4.84. The molecule has 0 saturated heterocycles. The number of hydrogen-bond acceptors (Lipinski definition) is 5. The van der Waals surface area contributed by atoms with Gasteiger partial charge < -0.3 is 10.3 Å². The number of aryl methyl sites for hydroxylation is 2. The molecule has 6 nitrogen and oxygen atoms in total. The second-order valence-electron chi connectivity index (χ2n) is 4.93. The Morgan fingerprint density at radius 3 is 2.67 bits per heavy atom. The summed E-state index contributed by atoms with van der Waals surface area (Å²) in [6.07, 6.45) is 0. The van der Waals surface area contributed by atoms with Crippen molar-refractivity contribution in [1.82, 2.24) is 9.88 Å². The zero-order valence-electron chi connectivity index (χ0n) is 12.3. The molecule has 0 spiro atoms. The van der Waals surface area contributed by atoms with Crippen LogP contribution in [0.4, 0.5) is 0 Å². The maximum Gasteiger partial charge on any atom is 0.241 e. The lowest BCUT2D eigenvalue weighted by Gasteiger charge is -2.14. The molecular weight excluding hydrogens is 290 g/mol. The number of hydrogen-bond donors (Lipinski definition) is 2. The Bertz CT molecular complexity index is 718. The molecule has 1 aromatic carbocycles. The Morgan fingerprint density at radius 2 is 2.10 bits per heavy atom. The first-order valence-corrected chi connectivity index (χ1v) is 8.07. The molecule has 1 unspecified atom stereocenters. The van der Waals surface area contributed by atoms with Gasteiger partial charge in [-0.05, 0) is 38.5 Å². The van der Waals surface area contributed by atoms with Gasteiger partial charge in [0.15, 0.2) is 0 Å². The lowest BCUT2D eigenvalue weighted by atomic mass is 10.1. The Kier molecular flexibility index (Phi) is 4.46. The highest BCUT2D eigenvalue weighted by atomic mass is 32.2. The van der Waals surface area contributed by atoms with Gasteiger partial charge in [0.05, 0.1) is 10.6 Å². The molecule has 2 rings (SSSR count). The predicted molar refractivity (Wildman–Crippen MR) is 79.0 cm³/mol. The molecule has 0 radical (unpaired) electrons. The van der Waals surface area contributed by atoms with Crippen LogP contribution in [0.2, 0.25) is 0 Å². The van der Waals surface area contributed by atoms with Crippen LogP contribution in [0.5, 0.6) is 0 Å². The van der Waals surface area contributed by atoms with Crippen LogP contribution in [0.25, 0.3) is 0 Å². The quantitative estimate of drug-likeness (QED) is 0.877. The third-order valence-electron chi connectivity index (χ3n) is 3.30. The molecule has 0 aliphatic heterocycles. The summed E-state index contributed by atoms with van der Waals surface area (Å²) in [5.74, 6) is 0.610. The van der Waals surface area contributed by atoms with Gasteiger partial charge in [0.2, 0.25) is 10.0 Å². The lowest BCUT2D eigenvalue weighted by molar-refractivity contribution is 0.391. The van der Waals surface area contributed by atoms with Crippen molar-refractivity contribution in [3.63, 3.8) is 0 Å². The molecule has 21 heavy (non-hydrogen) atoms. The molecule has 1 aromatic heterocycles. The highest BCUT2D eigenvalue weighted by molar-refractivity contribution is 7.89. The van der Waals surface area contributed by atoms with Crippen LogP contribution < -0.4 is 10.5 Å². The van der Waals surface area contributed by atoms with E-state index in [0.29, 0.717) is 18.0 Å². The number of rotatable bonds is 5. The Labute approximate surface area is 124 Å². The summed E-state index contributed by atoms with van der Waals surface area (Å²) in [4.78, 5) is 0.198. The summed E-state index contributed by atoms with van der Waals surface area (Å²) in [6, 6.07) is 6.15. The van der Waals surface area contributed by atoms with Crippen LogP contribution in [0.15, 0.2) is 33.7 Å². The van der Waals surface area contributed by atoms with Crippen LogP contribution in [0.3, 0.4) is 0 Å². The number of sulfonamides is 1. The molecular formula is C14H19N3O3S. The van der Waals surface area contributed by atoms with Crippen molar-refractivity contribution in [2.45, 2.75) is 38.3 Å². The highest BCUT2D eigenvalue weighted by Gasteiger charge is 2.23.